The van der Waals surface area contributed by atoms with Gasteiger partial charge in [0.25, 0.3) is 0 Å². The number of furan rings is 1. The fourth-order valence-electron chi connectivity index (χ4n) is 4.01. The summed E-state index contributed by atoms with van der Waals surface area (Å²) in [6.45, 7) is 1.09. The first-order valence-electron chi connectivity index (χ1n) is 10.8. The van der Waals surface area contributed by atoms with Gasteiger partial charge in [0.15, 0.2) is 11.5 Å². The Morgan fingerprint density at radius 1 is 1.25 bits per heavy atom. The number of hydrogen-bond donors (Lipinski definition) is 1. The SMILES string of the molecule is COc1ccc(CN(Cc2ccco2)C(=O)C2CCCC2)cc1OCc1nc(CO)cs1. The zero-order chi connectivity index (χ0) is 22.3. The van der Waals surface area contributed by atoms with E-state index in [0.29, 0.717) is 30.3 Å². The molecule has 170 valence electrons. The van der Waals surface area contributed by atoms with Crippen LogP contribution in [-0.2, 0) is 31.1 Å². The minimum Gasteiger partial charge on any atom is -0.493 e. The van der Waals surface area contributed by atoms with Crippen LogP contribution in [0.5, 0.6) is 11.5 Å². The van der Waals surface area contributed by atoms with Crippen molar-refractivity contribution in [2.24, 2.45) is 5.92 Å². The lowest BCUT2D eigenvalue weighted by Crippen LogP contribution is -2.34. The number of aromatic nitrogens is 1. The molecule has 0 unspecified atom stereocenters. The lowest BCUT2D eigenvalue weighted by atomic mass is 10.1. The van der Waals surface area contributed by atoms with Crippen LogP contribution in [0, 0.1) is 5.92 Å². The second-order valence-corrected chi connectivity index (χ2v) is 8.86. The molecule has 8 heteroatoms. The van der Waals surface area contributed by atoms with E-state index in [0.717, 1.165) is 42.0 Å². The molecule has 0 spiro atoms. The Labute approximate surface area is 191 Å². The van der Waals surface area contributed by atoms with Crippen molar-refractivity contribution in [3.63, 3.8) is 0 Å². The Bertz CT molecular complexity index is 1010. The van der Waals surface area contributed by atoms with Gasteiger partial charge in [-0.15, -0.1) is 11.3 Å². The van der Waals surface area contributed by atoms with E-state index in [4.69, 9.17) is 13.9 Å². The zero-order valence-corrected chi connectivity index (χ0v) is 19.0. The number of methoxy groups -OCH3 is 1. The van der Waals surface area contributed by atoms with Crippen molar-refractivity contribution in [2.45, 2.75) is 52.0 Å². The molecule has 0 saturated heterocycles. The summed E-state index contributed by atoms with van der Waals surface area (Å²) < 4.78 is 16.9. The smallest absolute Gasteiger partial charge is 0.226 e. The van der Waals surface area contributed by atoms with Crippen molar-refractivity contribution in [3.8, 4) is 11.5 Å². The van der Waals surface area contributed by atoms with Gasteiger partial charge >= 0.3 is 0 Å². The van der Waals surface area contributed by atoms with E-state index in [-0.39, 0.29) is 25.0 Å². The van der Waals surface area contributed by atoms with Crippen molar-refractivity contribution in [1.29, 1.82) is 0 Å². The molecular weight excluding hydrogens is 428 g/mol. The van der Waals surface area contributed by atoms with Gasteiger partial charge in [0.1, 0.15) is 17.4 Å². The number of nitrogens with zero attached hydrogens (tertiary/aromatic N) is 2. The second kappa shape index (κ2) is 10.7. The van der Waals surface area contributed by atoms with Crippen LogP contribution in [-0.4, -0.2) is 28.0 Å². The summed E-state index contributed by atoms with van der Waals surface area (Å²) >= 11 is 1.44. The van der Waals surface area contributed by atoms with E-state index in [1.54, 1.807) is 13.4 Å². The summed E-state index contributed by atoms with van der Waals surface area (Å²) in [4.78, 5) is 19.4. The summed E-state index contributed by atoms with van der Waals surface area (Å²) in [7, 11) is 1.60. The summed E-state index contributed by atoms with van der Waals surface area (Å²) in [5.41, 5.74) is 1.59. The number of rotatable bonds is 10. The number of amides is 1. The molecule has 1 saturated carbocycles. The summed E-state index contributed by atoms with van der Waals surface area (Å²) in [6.07, 6.45) is 5.76. The zero-order valence-electron chi connectivity index (χ0n) is 18.2. The van der Waals surface area contributed by atoms with Gasteiger partial charge < -0.3 is 23.9 Å². The number of aliphatic hydroxyl groups is 1. The highest BCUT2D eigenvalue weighted by Crippen LogP contribution is 2.31. The highest BCUT2D eigenvalue weighted by molar-refractivity contribution is 7.09. The fourth-order valence-corrected chi connectivity index (χ4v) is 4.71. The first-order chi connectivity index (χ1) is 15.7. The van der Waals surface area contributed by atoms with Gasteiger partial charge in [-0.25, -0.2) is 4.98 Å². The quantitative estimate of drug-likeness (QED) is 0.482. The maximum absolute atomic E-state index is 13.2. The second-order valence-electron chi connectivity index (χ2n) is 7.92. The van der Waals surface area contributed by atoms with E-state index in [1.165, 1.54) is 11.3 Å². The maximum atomic E-state index is 13.2. The molecule has 2 aromatic heterocycles. The van der Waals surface area contributed by atoms with Crippen LogP contribution in [0.15, 0.2) is 46.4 Å². The number of hydrogen-bond acceptors (Lipinski definition) is 7. The monoisotopic (exact) mass is 456 g/mol. The molecule has 2 heterocycles. The van der Waals surface area contributed by atoms with Crippen LogP contribution in [0.1, 0.15) is 47.7 Å². The van der Waals surface area contributed by atoms with Crippen LogP contribution < -0.4 is 9.47 Å². The molecule has 1 aliphatic rings. The number of ether oxygens (including phenoxy) is 2. The Morgan fingerprint density at radius 3 is 2.78 bits per heavy atom. The van der Waals surface area contributed by atoms with Gasteiger partial charge in [-0.2, -0.15) is 0 Å². The van der Waals surface area contributed by atoms with E-state index >= 15 is 0 Å². The Balaban J connectivity index is 1.50. The molecule has 0 atom stereocenters. The van der Waals surface area contributed by atoms with Gasteiger partial charge in [0, 0.05) is 17.8 Å². The molecule has 1 aromatic carbocycles. The van der Waals surface area contributed by atoms with Crippen molar-refractivity contribution < 1.29 is 23.8 Å². The highest BCUT2D eigenvalue weighted by atomic mass is 32.1. The summed E-state index contributed by atoms with van der Waals surface area (Å²) in [6, 6.07) is 9.46. The Hall–Kier alpha value is -2.84. The average Bonchev–Trinajstić information content (AvgIpc) is 3.60. The minimum absolute atomic E-state index is 0.0875. The van der Waals surface area contributed by atoms with E-state index in [9.17, 15) is 9.90 Å². The standard InChI is InChI=1S/C24H28N2O5S/c1-29-21-9-8-17(11-22(21)31-15-23-25-19(14-27)16-32-23)12-26(13-20-7-4-10-30-20)24(28)18-5-2-3-6-18/h4,7-11,16,18,27H,2-3,5-6,12-15H2,1H3. The number of benzene rings is 1. The summed E-state index contributed by atoms with van der Waals surface area (Å²) in [5.74, 6) is 2.25. The average molecular weight is 457 g/mol. The van der Waals surface area contributed by atoms with Crippen LogP contribution in [0.4, 0.5) is 0 Å². The largest absolute Gasteiger partial charge is 0.493 e. The first kappa shape index (κ1) is 22.4. The number of thiazole rings is 1. The molecular formula is C24H28N2O5S. The molecule has 1 fully saturated rings. The summed E-state index contributed by atoms with van der Waals surface area (Å²) in [5, 5.41) is 11.8. The topological polar surface area (TPSA) is 85.0 Å². The van der Waals surface area contributed by atoms with Crippen LogP contribution >= 0.6 is 11.3 Å². The van der Waals surface area contributed by atoms with E-state index in [1.807, 2.05) is 40.6 Å². The molecule has 0 radical (unpaired) electrons. The molecule has 7 nitrogen and oxygen atoms in total. The predicted octanol–water partition coefficient (Wildman–Crippen LogP) is 4.54. The molecule has 1 aliphatic carbocycles. The third kappa shape index (κ3) is 5.49. The molecule has 0 bridgehead atoms. The molecule has 1 amide bonds. The van der Waals surface area contributed by atoms with Crippen molar-refractivity contribution in [3.05, 3.63) is 64.0 Å². The number of carbonyl (C=O) groups excluding carboxylic acids is 1. The number of aliphatic hydroxyl groups excluding tert-OH is 1. The van der Waals surface area contributed by atoms with Gasteiger partial charge in [0.2, 0.25) is 5.91 Å². The van der Waals surface area contributed by atoms with Crippen LogP contribution in [0.3, 0.4) is 0 Å². The Morgan fingerprint density at radius 2 is 2.09 bits per heavy atom. The third-order valence-electron chi connectivity index (χ3n) is 5.66. The van der Waals surface area contributed by atoms with Crippen molar-refractivity contribution in [2.75, 3.05) is 7.11 Å². The first-order valence-corrected chi connectivity index (χ1v) is 11.7. The molecule has 3 aromatic rings. The Kier molecular flexibility index (Phi) is 7.44. The van der Waals surface area contributed by atoms with Crippen LogP contribution in [0.2, 0.25) is 0 Å². The van der Waals surface area contributed by atoms with Crippen LogP contribution in [0.25, 0.3) is 0 Å². The highest BCUT2D eigenvalue weighted by Gasteiger charge is 2.28. The van der Waals surface area contributed by atoms with Gasteiger partial charge in [-0.05, 0) is 42.7 Å². The maximum Gasteiger partial charge on any atom is 0.226 e. The molecule has 1 N–H and O–H groups in total. The fraction of sp³-hybridized carbons (Fsp3) is 0.417. The van der Waals surface area contributed by atoms with Gasteiger partial charge in [-0.1, -0.05) is 18.9 Å². The van der Waals surface area contributed by atoms with E-state index < -0.39 is 0 Å². The van der Waals surface area contributed by atoms with Gasteiger partial charge in [0.05, 0.1) is 32.2 Å². The lowest BCUT2D eigenvalue weighted by Gasteiger charge is -2.25. The molecule has 0 aliphatic heterocycles. The molecule has 4 rings (SSSR count). The van der Waals surface area contributed by atoms with Crippen molar-refractivity contribution in [1.82, 2.24) is 9.88 Å². The minimum atomic E-state index is -0.0875. The normalized spacial score (nSPS) is 13.9. The van der Waals surface area contributed by atoms with Crippen molar-refractivity contribution >= 4 is 17.2 Å². The third-order valence-corrected chi connectivity index (χ3v) is 6.53. The van der Waals surface area contributed by atoms with Gasteiger partial charge in [-0.3, -0.25) is 4.79 Å². The predicted molar refractivity (Wildman–Crippen MR) is 120 cm³/mol. The lowest BCUT2D eigenvalue weighted by molar-refractivity contribution is -0.136. The molecule has 32 heavy (non-hydrogen) atoms. The van der Waals surface area contributed by atoms with E-state index in [2.05, 4.69) is 4.98 Å². The number of carbonyl (C=O) groups is 1.